The van der Waals surface area contributed by atoms with Crippen molar-refractivity contribution in [1.82, 2.24) is 0 Å². The fourth-order valence-corrected chi connectivity index (χ4v) is 2.89. The van der Waals surface area contributed by atoms with Crippen molar-refractivity contribution in [3.8, 4) is 0 Å². The Bertz CT molecular complexity index is 377. The summed E-state index contributed by atoms with van der Waals surface area (Å²) in [6.45, 7) is 4.34. The van der Waals surface area contributed by atoms with Crippen molar-refractivity contribution in [2.45, 2.75) is 38.6 Å². The smallest absolute Gasteiger partial charge is 0.128 e. The summed E-state index contributed by atoms with van der Waals surface area (Å²) in [4.78, 5) is 0. The van der Waals surface area contributed by atoms with E-state index in [2.05, 4.69) is 13.8 Å². The molecule has 0 spiro atoms. The van der Waals surface area contributed by atoms with Gasteiger partial charge in [0.05, 0.1) is 0 Å². The van der Waals surface area contributed by atoms with Gasteiger partial charge in [-0.2, -0.15) is 0 Å². The summed E-state index contributed by atoms with van der Waals surface area (Å²) in [6, 6.07) is 6.94. The number of rotatable bonds is 1. The molecule has 0 heterocycles. The Morgan fingerprint density at radius 2 is 1.94 bits per heavy atom. The maximum atomic E-state index is 13.8. The van der Waals surface area contributed by atoms with Crippen LogP contribution in [0.15, 0.2) is 24.3 Å². The molecule has 1 nitrogen and oxygen atoms in total. The second-order valence-corrected chi connectivity index (χ2v) is 5.31. The van der Waals surface area contributed by atoms with E-state index in [1.165, 1.54) is 12.5 Å². The number of halogens is 1. The van der Waals surface area contributed by atoms with Crippen molar-refractivity contribution >= 4 is 0 Å². The van der Waals surface area contributed by atoms with Crippen LogP contribution in [0.25, 0.3) is 0 Å². The molecule has 1 aromatic carbocycles. The highest BCUT2D eigenvalue weighted by molar-refractivity contribution is 5.27. The molecular weight excluding hydrogens is 201 g/mol. The van der Waals surface area contributed by atoms with Crippen LogP contribution >= 0.6 is 0 Å². The van der Waals surface area contributed by atoms with Crippen molar-refractivity contribution in [1.29, 1.82) is 0 Å². The summed E-state index contributed by atoms with van der Waals surface area (Å²) in [5.74, 6) is 0.771. The van der Waals surface area contributed by atoms with Crippen LogP contribution in [-0.4, -0.2) is 0 Å². The lowest BCUT2D eigenvalue weighted by molar-refractivity contribution is 0.157. The molecule has 3 unspecified atom stereocenters. The quantitative estimate of drug-likeness (QED) is 0.772. The minimum atomic E-state index is -0.483. The Kier molecular flexibility index (Phi) is 3.02. The zero-order valence-corrected chi connectivity index (χ0v) is 10.0. The number of hydrogen-bond acceptors (Lipinski definition) is 1. The molecule has 0 bridgehead atoms. The summed E-state index contributed by atoms with van der Waals surface area (Å²) in [5, 5.41) is 0. The molecule has 2 rings (SSSR count). The van der Waals surface area contributed by atoms with Crippen LogP contribution in [0.3, 0.4) is 0 Å². The van der Waals surface area contributed by atoms with Crippen LogP contribution in [0.4, 0.5) is 4.39 Å². The van der Waals surface area contributed by atoms with Gasteiger partial charge < -0.3 is 5.73 Å². The second-order valence-electron chi connectivity index (χ2n) is 5.31. The Balaban J connectivity index is 2.40. The molecule has 1 aromatic rings. The first kappa shape index (κ1) is 11.6. The average molecular weight is 221 g/mol. The van der Waals surface area contributed by atoms with Gasteiger partial charge in [-0.3, -0.25) is 0 Å². The maximum Gasteiger partial charge on any atom is 0.128 e. The third kappa shape index (κ3) is 1.86. The van der Waals surface area contributed by atoms with E-state index in [1.54, 1.807) is 6.07 Å². The average Bonchev–Trinajstić information content (AvgIpc) is 2.24. The lowest BCUT2D eigenvalue weighted by Crippen LogP contribution is -2.47. The molecule has 0 saturated heterocycles. The SMILES string of the molecule is CC1CCC(C)C(N)(c2ccccc2F)C1. The van der Waals surface area contributed by atoms with Gasteiger partial charge in [0.2, 0.25) is 0 Å². The van der Waals surface area contributed by atoms with Crippen LogP contribution < -0.4 is 5.73 Å². The first-order valence-electron chi connectivity index (χ1n) is 6.08. The first-order chi connectivity index (χ1) is 7.54. The Morgan fingerprint density at radius 3 is 2.62 bits per heavy atom. The molecule has 16 heavy (non-hydrogen) atoms. The molecular formula is C14H20FN. The zero-order valence-electron chi connectivity index (χ0n) is 10.0. The van der Waals surface area contributed by atoms with Gasteiger partial charge in [-0.05, 0) is 30.7 Å². The number of benzene rings is 1. The monoisotopic (exact) mass is 221 g/mol. The van der Waals surface area contributed by atoms with Crippen LogP contribution in [-0.2, 0) is 5.54 Å². The van der Waals surface area contributed by atoms with E-state index < -0.39 is 5.54 Å². The highest BCUT2D eigenvalue weighted by Gasteiger charge is 2.40. The van der Waals surface area contributed by atoms with Gasteiger partial charge in [-0.25, -0.2) is 4.39 Å². The summed E-state index contributed by atoms with van der Waals surface area (Å²) in [7, 11) is 0. The third-order valence-corrected chi connectivity index (χ3v) is 4.03. The molecule has 1 saturated carbocycles. The van der Waals surface area contributed by atoms with E-state index in [4.69, 9.17) is 5.73 Å². The molecule has 1 fully saturated rings. The molecule has 2 N–H and O–H groups in total. The van der Waals surface area contributed by atoms with Gasteiger partial charge >= 0.3 is 0 Å². The standard InChI is InChI=1S/C14H20FN/c1-10-7-8-11(2)14(16,9-10)12-5-3-4-6-13(12)15/h3-6,10-11H,7-9,16H2,1-2H3. The fraction of sp³-hybridized carbons (Fsp3) is 0.571. The van der Waals surface area contributed by atoms with Crippen LogP contribution in [0.1, 0.15) is 38.7 Å². The molecule has 0 amide bonds. The predicted molar refractivity (Wildman–Crippen MR) is 64.4 cm³/mol. The lowest BCUT2D eigenvalue weighted by atomic mass is 9.67. The normalized spacial score (nSPS) is 35.0. The van der Waals surface area contributed by atoms with Gasteiger partial charge in [0.1, 0.15) is 5.82 Å². The minimum Gasteiger partial charge on any atom is -0.321 e. The summed E-state index contributed by atoms with van der Waals surface area (Å²) < 4.78 is 13.8. The molecule has 0 aromatic heterocycles. The predicted octanol–water partition coefficient (Wildman–Crippen LogP) is 3.44. The zero-order chi connectivity index (χ0) is 11.8. The first-order valence-corrected chi connectivity index (χ1v) is 6.08. The van der Waals surface area contributed by atoms with Crippen molar-refractivity contribution in [2.75, 3.05) is 0 Å². The van der Waals surface area contributed by atoms with E-state index in [0.29, 0.717) is 17.4 Å². The highest BCUT2D eigenvalue weighted by Crippen LogP contribution is 2.42. The summed E-state index contributed by atoms with van der Waals surface area (Å²) in [6.07, 6.45) is 3.18. The van der Waals surface area contributed by atoms with E-state index in [0.717, 1.165) is 12.8 Å². The Labute approximate surface area is 96.9 Å². The van der Waals surface area contributed by atoms with Gasteiger partial charge in [-0.1, -0.05) is 38.5 Å². The van der Waals surface area contributed by atoms with Crippen molar-refractivity contribution < 1.29 is 4.39 Å². The molecule has 1 aliphatic rings. The lowest BCUT2D eigenvalue weighted by Gasteiger charge is -2.42. The Hall–Kier alpha value is -0.890. The molecule has 0 radical (unpaired) electrons. The van der Waals surface area contributed by atoms with Gasteiger partial charge in [0, 0.05) is 11.1 Å². The summed E-state index contributed by atoms with van der Waals surface area (Å²) >= 11 is 0. The van der Waals surface area contributed by atoms with Gasteiger partial charge in [-0.15, -0.1) is 0 Å². The number of nitrogens with two attached hydrogens (primary N) is 1. The minimum absolute atomic E-state index is 0.161. The van der Waals surface area contributed by atoms with E-state index >= 15 is 0 Å². The van der Waals surface area contributed by atoms with Crippen molar-refractivity contribution in [3.63, 3.8) is 0 Å². The maximum absolute atomic E-state index is 13.8. The highest BCUT2D eigenvalue weighted by atomic mass is 19.1. The van der Waals surface area contributed by atoms with Crippen LogP contribution in [0, 0.1) is 17.7 Å². The topological polar surface area (TPSA) is 26.0 Å². The van der Waals surface area contributed by atoms with Crippen LogP contribution in [0.5, 0.6) is 0 Å². The molecule has 1 aliphatic carbocycles. The molecule has 88 valence electrons. The van der Waals surface area contributed by atoms with Crippen molar-refractivity contribution in [2.24, 2.45) is 17.6 Å². The fourth-order valence-electron chi connectivity index (χ4n) is 2.89. The van der Waals surface area contributed by atoms with Crippen molar-refractivity contribution in [3.05, 3.63) is 35.6 Å². The van der Waals surface area contributed by atoms with E-state index in [-0.39, 0.29) is 5.82 Å². The molecule has 2 heteroatoms. The van der Waals surface area contributed by atoms with Crippen LogP contribution in [0.2, 0.25) is 0 Å². The van der Waals surface area contributed by atoms with Gasteiger partial charge in [0.15, 0.2) is 0 Å². The largest absolute Gasteiger partial charge is 0.321 e. The van der Waals surface area contributed by atoms with E-state index in [1.807, 2.05) is 12.1 Å². The molecule has 0 aliphatic heterocycles. The second kappa shape index (κ2) is 4.17. The van der Waals surface area contributed by atoms with E-state index in [9.17, 15) is 4.39 Å². The summed E-state index contributed by atoms with van der Waals surface area (Å²) in [5.41, 5.74) is 6.68. The number of hydrogen-bond donors (Lipinski definition) is 1. The Morgan fingerprint density at radius 1 is 1.25 bits per heavy atom. The molecule has 3 atom stereocenters. The third-order valence-electron chi connectivity index (χ3n) is 4.03. The van der Waals surface area contributed by atoms with Gasteiger partial charge in [0.25, 0.3) is 0 Å².